The number of aryl methyl sites for hydroxylation is 3. The molecule has 0 saturated heterocycles. The van der Waals surface area contributed by atoms with Crippen LogP contribution in [0, 0.1) is 13.8 Å². The molecule has 7 heteroatoms. The molecule has 2 heterocycles. The predicted octanol–water partition coefficient (Wildman–Crippen LogP) is 2.23. The van der Waals surface area contributed by atoms with E-state index < -0.39 is 5.76 Å². The Balaban J connectivity index is 1.73. The molecule has 1 amide bonds. The summed E-state index contributed by atoms with van der Waals surface area (Å²) in [7, 11) is 0. The van der Waals surface area contributed by atoms with Gasteiger partial charge in [0.05, 0.1) is 5.52 Å². The first-order chi connectivity index (χ1) is 10.6. The summed E-state index contributed by atoms with van der Waals surface area (Å²) in [6, 6.07) is 7.11. The van der Waals surface area contributed by atoms with Crippen LogP contribution in [0.25, 0.3) is 11.1 Å². The minimum Gasteiger partial charge on any atom is -0.408 e. The lowest BCUT2D eigenvalue weighted by Crippen LogP contribution is -2.20. The molecular weight excluding hydrogens is 286 g/mol. The SMILES string of the molecule is Cc1noc(C)c1NC(=O)CCn1c(=O)oc2ccccc21. The molecule has 0 radical (unpaired) electrons. The van der Waals surface area contributed by atoms with Gasteiger partial charge >= 0.3 is 5.76 Å². The molecule has 2 aromatic heterocycles. The first kappa shape index (κ1) is 14.1. The Morgan fingerprint density at radius 1 is 1.32 bits per heavy atom. The Morgan fingerprint density at radius 2 is 2.09 bits per heavy atom. The van der Waals surface area contributed by atoms with E-state index in [1.165, 1.54) is 4.57 Å². The highest BCUT2D eigenvalue weighted by Gasteiger charge is 2.14. The molecule has 0 aliphatic carbocycles. The highest BCUT2D eigenvalue weighted by Crippen LogP contribution is 2.19. The van der Waals surface area contributed by atoms with E-state index in [0.717, 1.165) is 0 Å². The van der Waals surface area contributed by atoms with E-state index in [1.54, 1.807) is 32.0 Å². The summed E-state index contributed by atoms with van der Waals surface area (Å²) >= 11 is 0. The van der Waals surface area contributed by atoms with Crippen LogP contribution < -0.4 is 11.1 Å². The van der Waals surface area contributed by atoms with Crippen LogP contribution in [0.2, 0.25) is 0 Å². The Bertz CT molecular complexity index is 868. The van der Waals surface area contributed by atoms with Gasteiger partial charge < -0.3 is 14.3 Å². The molecule has 0 atom stereocenters. The van der Waals surface area contributed by atoms with E-state index >= 15 is 0 Å². The Hall–Kier alpha value is -2.83. The maximum atomic E-state index is 12.0. The molecule has 114 valence electrons. The van der Waals surface area contributed by atoms with Crippen molar-refractivity contribution in [2.45, 2.75) is 26.8 Å². The van der Waals surface area contributed by atoms with Crippen LogP contribution >= 0.6 is 0 Å². The summed E-state index contributed by atoms with van der Waals surface area (Å²) in [6.45, 7) is 3.72. The van der Waals surface area contributed by atoms with Crippen molar-refractivity contribution < 1.29 is 13.7 Å². The summed E-state index contributed by atoms with van der Waals surface area (Å²) in [4.78, 5) is 23.8. The third-order valence-electron chi connectivity index (χ3n) is 3.43. The number of aromatic nitrogens is 2. The lowest BCUT2D eigenvalue weighted by atomic mass is 10.3. The van der Waals surface area contributed by atoms with Gasteiger partial charge in [0.25, 0.3) is 0 Å². The number of carbonyl (C=O) groups excluding carboxylic acids is 1. The average Bonchev–Trinajstić information content (AvgIpc) is 2.98. The Kier molecular flexibility index (Phi) is 3.54. The molecule has 0 unspecified atom stereocenters. The van der Waals surface area contributed by atoms with Crippen molar-refractivity contribution in [1.29, 1.82) is 0 Å². The summed E-state index contributed by atoms with van der Waals surface area (Å²) in [5.74, 6) is -0.130. The number of benzene rings is 1. The number of fused-ring (bicyclic) bond motifs is 1. The van der Waals surface area contributed by atoms with Gasteiger partial charge in [-0.05, 0) is 26.0 Å². The summed E-state index contributed by atoms with van der Waals surface area (Å²) in [5, 5.41) is 6.52. The number of carbonyl (C=O) groups is 1. The minimum absolute atomic E-state index is 0.146. The standard InChI is InChI=1S/C15H15N3O4/c1-9-14(10(2)22-17-9)16-13(19)7-8-18-11-5-3-4-6-12(11)21-15(18)20/h3-6H,7-8H2,1-2H3,(H,16,19). The lowest BCUT2D eigenvalue weighted by Gasteiger charge is -2.05. The second-order valence-electron chi connectivity index (χ2n) is 4.98. The predicted molar refractivity (Wildman–Crippen MR) is 79.7 cm³/mol. The molecule has 1 N–H and O–H groups in total. The van der Waals surface area contributed by atoms with E-state index in [1.807, 2.05) is 6.07 Å². The van der Waals surface area contributed by atoms with Gasteiger partial charge in [0.2, 0.25) is 5.91 Å². The molecular formula is C15H15N3O4. The number of oxazole rings is 1. The number of hydrogen-bond acceptors (Lipinski definition) is 5. The average molecular weight is 301 g/mol. The van der Waals surface area contributed by atoms with Gasteiger partial charge in [0, 0.05) is 13.0 Å². The van der Waals surface area contributed by atoms with E-state index in [4.69, 9.17) is 8.94 Å². The van der Waals surface area contributed by atoms with Crippen molar-refractivity contribution >= 4 is 22.7 Å². The summed E-state index contributed by atoms with van der Waals surface area (Å²) < 4.78 is 11.6. The van der Waals surface area contributed by atoms with E-state index in [-0.39, 0.29) is 18.9 Å². The fourth-order valence-corrected chi connectivity index (χ4v) is 2.30. The molecule has 0 aliphatic heterocycles. The van der Waals surface area contributed by atoms with Crippen LogP contribution in [0.4, 0.5) is 5.69 Å². The van der Waals surface area contributed by atoms with Gasteiger partial charge in [-0.1, -0.05) is 17.3 Å². The monoisotopic (exact) mass is 301 g/mol. The summed E-state index contributed by atoms with van der Waals surface area (Å²) in [6.07, 6.45) is 0.146. The normalized spacial score (nSPS) is 11.0. The fraction of sp³-hybridized carbons (Fsp3) is 0.267. The molecule has 3 rings (SSSR count). The molecule has 3 aromatic rings. The van der Waals surface area contributed by atoms with Gasteiger partial charge in [-0.15, -0.1) is 0 Å². The molecule has 0 spiro atoms. The van der Waals surface area contributed by atoms with Crippen LogP contribution in [0.3, 0.4) is 0 Å². The van der Waals surface area contributed by atoms with Gasteiger partial charge in [-0.3, -0.25) is 9.36 Å². The zero-order chi connectivity index (χ0) is 15.7. The summed E-state index contributed by atoms with van der Waals surface area (Å²) in [5.41, 5.74) is 2.39. The minimum atomic E-state index is -0.466. The van der Waals surface area contributed by atoms with Gasteiger partial charge in [0.1, 0.15) is 11.4 Å². The van der Waals surface area contributed by atoms with Gasteiger partial charge in [-0.25, -0.2) is 4.79 Å². The molecule has 0 fully saturated rings. The third kappa shape index (κ3) is 2.52. The quantitative estimate of drug-likeness (QED) is 0.798. The van der Waals surface area contributed by atoms with Crippen molar-refractivity contribution in [1.82, 2.24) is 9.72 Å². The topological polar surface area (TPSA) is 90.3 Å². The zero-order valence-electron chi connectivity index (χ0n) is 12.3. The Labute approximate surface area is 125 Å². The van der Waals surface area contributed by atoms with E-state index in [2.05, 4.69) is 10.5 Å². The van der Waals surface area contributed by atoms with Crippen molar-refractivity contribution in [3.05, 3.63) is 46.3 Å². The van der Waals surface area contributed by atoms with Crippen LogP contribution in [0.1, 0.15) is 17.9 Å². The van der Waals surface area contributed by atoms with Crippen LogP contribution in [-0.2, 0) is 11.3 Å². The van der Waals surface area contributed by atoms with Crippen molar-refractivity contribution in [2.24, 2.45) is 0 Å². The Morgan fingerprint density at radius 3 is 2.82 bits per heavy atom. The zero-order valence-corrected chi connectivity index (χ0v) is 12.3. The van der Waals surface area contributed by atoms with Crippen molar-refractivity contribution in [3.8, 4) is 0 Å². The van der Waals surface area contributed by atoms with Crippen molar-refractivity contribution in [2.75, 3.05) is 5.32 Å². The largest absolute Gasteiger partial charge is 0.419 e. The van der Waals surface area contributed by atoms with Crippen LogP contribution in [0.5, 0.6) is 0 Å². The van der Waals surface area contributed by atoms with E-state index in [9.17, 15) is 9.59 Å². The molecule has 7 nitrogen and oxygen atoms in total. The third-order valence-corrected chi connectivity index (χ3v) is 3.43. The molecule has 22 heavy (non-hydrogen) atoms. The molecule has 0 bridgehead atoms. The number of nitrogens with one attached hydrogen (secondary N) is 1. The fourth-order valence-electron chi connectivity index (χ4n) is 2.30. The number of anilines is 1. The van der Waals surface area contributed by atoms with Crippen LogP contribution in [-0.4, -0.2) is 15.6 Å². The number of nitrogens with zero attached hydrogens (tertiary/aromatic N) is 2. The smallest absolute Gasteiger partial charge is 0.408 e. The molecule has 0 saturated carbocycles. The van der Waals surface area contributed by atoms with Gasteiger partial charge in [0.15, 0.2) is 11.3 Å². The number of rotatable bonds is 4. The molecule has 0 aliphatic rings. The second kappa shape index (κ2) is 5.51. The lowest BCUT2D eigenvalue weighted by molar-refractivity contribution is -0.116. The molecule has 1 aromatic carbocycles. The highest BCUT2D eigenvalue weighted by molar-refractivity contribution is 5.91. The maximum absolute atomic E-state index is 12.0. The second-order valence-corrected chi connectivity index (χ2v) is 4.98. The number of amides is 1. The van der Waals surface area contributed by atoms with Gasteiger partial charge in [-0.2, -0.15) is 0 Å². The highest BCUT2D eigenvalue weighted by atomic mass is 16.5. The maximum Gasteiger partial charge on any atom is 0.419 e. The number of hydrogen-bond donors (Lipinski definition) is 1. The van der Waals surface area contributed by atoms with Crippen molar-refractivity contribution in [3.63, 3.8) is 0 Å². The first-order valence-corrected chi connectivity index (χ1v) is 6.87. The van der Waals surface area contributed by atoms with Crippen LogP contribution in [0.15, 0.2) is 38.0 Å². The van der Waals surface area contributed by atoms with E-state index in [0.29, 0.717) is 28.2 Å². The number of para-hydroxylation sites is 2. The first-order valence-electron chi connectivity index (χ1n) is 6.87.